The Labute approximate surface area is 228 Å². The van der Waals surface area contributed by atoms with Crippen molar-refractivity contribution in [2.24, 2.45) is 5.92 Å². The van der Waals surface area contributed by atoms with Crippen LogP contribution in [0.15, 0.2) is 127 Å². The van der Waals surface area contributed by atoms with Gasteiger partial charge in [0, 0.05) is 34.1 Å². The number of anilines is 5. The van der Waals surface area contributed by atoms with Crippen LogP contribution in [0, 0.1) is 12.8 Å². The molecule has 1 unspecified atom stereocenters. The van der Waals surface area contributed by atoms with Crippen molar-refractivity contribution in [1.82, 2.24) is 0 Å². The third kappa shape index (κ3) is 5.60. The Morgan fingerprint density at radius 2 is 1.08 bits per heavy atom. The van der Waals surface area contributed by atoms with Gasteiger partial charge in [-0.15, -0.1) is 0 Å². The quantitative estimate of drug-likeness (QED) is 0.261. The molecule has 0 saturated carbocycles. The zero-order chi connectivity index (χ0) is 26.7. The highest BCUT2D eigenvalue weighted by Gasteiger charge is 2.19. The van der Waals surface area contributed by atoms with E-state index in [4.69, 9.17) is 0 Å². The van der Waals surface area contributed by atoms with Gasteiger partial charge in [0.25, 0.3) is 0 Å². The zero-order valence-corrected chi connectivity index (χ0v) is 23.2. The van der Waals surface area contributed by atoms with Crippen LogP contribution in [0.1, 0.15) is 45.2 Å². The number of rotatable bonds is 6. The van der Waals surface area contributed by atoms with E-state index in [9.17, 15) is 0 Å². The third-order valence-corrected chi connectivity index (χ3v) is 7.17. The van der Waals surface area contributed by atoms with Gasteiger partial charge in [0.1, 0.15) is 0 Å². The van der Waals surface area contributed by atoms with E-state index in [0.717, 1.165) is 29.2 Å². The summed E-state index contributed by atoms with van der Waals surface area (Å²) < 4.78 is 0. The van der Waals surface area contributed by atoms with E-state index >= 15 is 0 Å². The van der Waals surface area contributed by atoms with Crippen molar-refractivity contribution in [2.75, 3.05) is 9.80 Å². The first-order valence-electron chi connectivity index (χ1n) is 13.6. The minimum Gasteiger partial charge on any atom is -0.311 e. The van der Waals surface area contributed by atoms with Crippen molar-refractivity contribution in [3.8, 4) is 0 Å². The summed E-state index contributed by atoms with van der Waals surface area (Å²) in [7, 11) is 0. The number of hydrogen-bond donors (Lipinski definition) is 0. The highest BCUT2D eigenvalue weighted by Crippen LogP contribution is 2.39. The van der Waals surface area contributed by atoms with Gasteiger partial charge in [0.2, 0.25) is 0 Å². The van der Waals surface area contributed by atoms with E-state index in [1.807, 2.05) is 0 Å². The Hall–Kier alpha value is -4.04. The van der Waals surface area contributed by atoms with Crippen molar-refractivity contribution in [3.05, 3.63) is 138 Å². The standard InChI is InChI=1S/C36H38N2/c1-27-14-18-31(19-15-27)38(35-13-9-10-28(2)26-35)34-24-22-33(23-25-34)37(30-11-7-6-8-12-30)32-20-16-29(17-21-32)36(3,4)5/h6-9,11-26,28H,10H2,1-5H3. The molecule has 0 heterocycles. The molecule has 0 amide bonds. The van der Waals surface area contributed by atoms with Gasteiger partial charge in [-0.05, 0) is 97.0 Å². The molecule has 1 aliphatic carbocycles. The molecule has 0 bridgehead atoms. The summed E-state index contributed by atoms with van der Waals surface area (Å²) in [4.78, 5) is 4.69. The molecule has 0 radical (unpaired) electrons. The molecule has 2 nitrogen and oxygen atoms in total. The van der Waals surface area contributed by atoms with Crippen molar-refractivity contribution in [2.45, 2.75) is 46.5 Å². The minimum absolute atomic E-state index is 0.122. The van der Waals surface area contributed by atoms with Gasteiger partial charge in [0.15, 0.2) is 0 Å². The second-order valence-corrected chi connectivity index (χ2v) is 11.4. The fourth-order valence-corrected chi connectivity index (χ4v) is 4.99. The van der Waals surface area contributed by atoms with Crippen LogP contribution < -0.4 is 9.80 Å². The lowest BCUT2D eigenvalue weighted by atomic mass is 9.87. The number of hydrogen-bond acceptors (Lipinski definition) is 2. The van der Waals surface area contributed by atoms with Gasteiger partial charge < -0.3 is 9.80 Å². The molecule has 1 atom stereocenters. The zero-order valence-electron chi connectivity index (χ0n) is 23.2. The summed E-state index contributed by atoms with van der Waals surface area (Å²) in [6.07, 6.45) is 8.00. The Morgan fingerprint density at radius 3 is 1.61 bits per heavy atom. The molecule has 0 saturated heterocycles. The van der Waals surface area contributed by atoms with Gasteiger partial charge >= 0.3 is 0 Å². The lowest BCUT2D eigenvalue weighted by molar-refractivity contribution is 0.590. The molecule has 0 fully saturated rings. The van der Waals surface area contributed by atoms with E-state index in [0.29, 0.717) is 5.92 Å². The van der Waals surface area contributed by atoms with Crippen LogP contribution in [-0.4, -0.2) is 0 Å². The molecule has 0 spiro atoms. The Kier molecular flexibility index (Phi) is 7.24. The van der Waals surface area contributed by atoms with Crippen LogP contribution in [-0.2, 0) is 5.41 Å². The van der Waals surface area contributed by atoms with E-state index in [-0.39, 0.29) is 5.41 Å². The minimum atomic E-state index is 0.122. The molecule has 0 aromatic heterocycles. The monoisotopic (exact) mass is 498 g/mol. The molecule has 4 aromatic rings. The molecule has 38 heavy (non-hydrogen) atoms. The smallest absolute Gasteiger partial charge is 0.0463 e. The fourth-order valence-electron chi connectivity index (χ4n) is 4.99. The number of benzene rings is 4. The summed E-state index contributed by atoms with van der Waals surface area (Å²) in [6, 6.07) is 37.3. The maximum absolute atomic E-state index is 2.38. The summed E-state index contributed by atoms with van der Waals surface area (Å²) in [5.74, 6) is 0.520. The first-order chi connectivity index (χ1) is 18.3. The van der Waals surface area contributed by atoms with Gasteiger partial charge in [-0.1, -0.05) is 87.9 Å². The van der Waals surface area contributed by atoms with Gasteiger partial charge in [-0.2, -0.15) is 0 Å². The molecule has 1 aliphatic rings. The Bertz CT molecular complexity index is 1400. The van der Waals surface area contributed by atoms with E-state index < -0.39 is 0 Å². The van der Waals surface area contributed by atoms with Gasteiger partial charge in [-0.25, -0.2) is 0 Å². The summed E-state index contributed by atoms with van der Waals surface area (Å²) in [6.45, 7) is 11.2. The Morgan fingerprint density at radius 1 is 0.605 bits per heavy atom. The summed E-state index contributed by atoms with van der Waals surface area (Å²) >= 11 is 0. The highest BCUT2D eigenvalue weighted by atomic mass is 15.2. The van der Waals surface area contributed by atoms with Crippen molar-refractivity contribution >= 4 is 28.4 Å². The number of allylic oxidation sites excluding steroid dienone is 3. The highest BCUT2D eigenvalue weighted by molar-refractivity contribution is 5.79. The van der Waals surface area contributed by atoms with Crippen LogP contribution in [0.4, 0.5) is 28.4 Å². The largest absolute Gasteiger partial charge is 0.311 e. The van der Waals surface area contributed by atoms with Crippen LogP contribution in [0.5, 0.6) is 0 Å². The predicted molar refractivity (Wildman–Crippen MR) is 164 cm³/mol. The van der Waals surface area contributed by atoms with E-state index in [2.05, 4.69) is 166 Å². The molecule has 192 valence electrons. The van der Waals surface area contributed by atoms with Gasteiger partial charge in [0.05, 0.1) is 0 Å². The maximum atomic E-state index is 2.38. The average molecular weight is 499 g/mol. The van der Waals surface area contributed by atoms with Crippen molar-refractivity contribution < 1.29 is 0 Å². The second kappa shape index (κ2) is 10.8. The third-order valence-electron chi connectivity index (χ3n) is 7.17. The van der Waals surface area contributed by atoms with E-state index in [1.54, 1.807) is 0 Å². The SMILES string of the molecule is Cc1ccc(N(C2=CC(C)CC=C2)c2ccc(N(c3ccccc3)c3ccc(C(C)(C)C)cc3)cc2)cc1. The molecular weight excluding hydrogens is 460 g/mol. The first kappa shape index (κ1) is 25.6. The molecule has 2 heteroatoms. The summed E-state index contributed by atoms with van der Waals surface area (Å²) in [5.41, 5.74) is 9.70. The lowest BCUT2D eigenvalue weighted by Gasteiger charge is -2.30. The van der Waals surface area contributed by atoms with Crippen LogP contribution in [0.3, 0.4) is 0 Å². The Balaban J connectivity index is 1.55. The molecule has 0 aliphatic heterocycles. The molecular formula is C36H38N2. The molecule has 4 aromatic carbocycles. The number of aryl methyl sites for hydroxylation is 1. The van der Waals surface area contributed by atoms with Crippen LogP contribution >= 0.6 is 0 Å². The normalized spacial score (nSPS) is 15.2. The maximum Gasteiger partial charge on any atom is 0.0463 e. The summed E-state index contributed by atoms with van der Waals surface area (Å²) in [5, 5.41) is 0. The average Bonchev–Trinajstić information content (AvgIpc) is 2.91. The lowest BCUT2D eigenvalue weighted by Crippen LogP contribution is -2.18. The topological polar surface area (TPSA) is 6.48 Å². The van der Waals surface area contributed by atoms with Crippen molar-refractivity contribution in [1.29, 1.82) is 0 Å². The van der Waals surface area contributed by atoms with Crippen LogP contribution in [0.25, 0.3) is 0 Å². The second-order valence-electron chi connectivity index (χ2n) is 11.4. The van der Waals surface area contributed by atoms with Gasteiger partial charge in [-0.3, -0.25) is 0 Å². The molecule has 5 rings (SSSR count). The van der Waals surface area contributed by atoms with Crippen LogP contribution in [0.2, 0.25) is 0 Å². The fraction of sp³-hybridized carbons (Fsp3) is 0.222. The van der Waals surface area contributed by atoms with Crippen molar-refractivity contribution in [3.63, 3.8) is 0 Å². The molecule has 0 N–H and O–H groups in total. The van der Waals surface area contributed by atoms with E-state index in [1.165, 1.54) is 22.5 Å². The number of nitrogens with zero attached hydrogens (tertiary/aromatic N) is 2. The number of para-hydroxylation sites is 1. The first-order valence-corrected chi connectivity index (χ1v) is 13.6. The predicted octanol–water partition coefficient (Wildman–Crippen LogP) is 10.4.